The van der Waals surface area contributed by atoms with E-state index in [2.05, 4.69) is 22.9 Å². The first kappa shape index (κ1) is 15.6. The van der Waals surface area contributed by atoms with Crippen molar-refractivity contribution in [3.05, 3.63) is 36.0 Å². The van der Waals surface area contributed by atoms with E-state index in [1.165, 1.54) is 5.56 Å². The van der Waals surface area contributed by atoms with Crippen molar-refractivity contribution in [2.45, 2.75) is 13.8 Å². The van der Waals surface area contributed by atoms with Crippen molar-refractivity contribution >= 4 is 11.4 Å². The number of aromatic nitrogens is 1. The van der Waals surface area contributed by atoms with Gasteiger partial charge in [0.15, 0.2) is 0 Å². The summed E-state index contributed by atoms with van der Waals surface area (Å²) in [6.45, 7) is 7.81. The van der Waals surface area contributed by atoms with Crippen LogP contribution in [0.25, 0.3) is 11.1 Å². The molecule has 122 valence electrons. The molecule has 0 amide bonds. The molecule has 23 heavy (non-hydrogen) atoms. The lowest BCUT2D eigenvalue weighted by Gasteiger charge is -2.30. The van der Waals surface area contributed by atoms with E-state index in [9.17, 15) is 0 Å². The summed E-state index contributed by atoms with van der Waals surface area (Å²) in [4.78, 5) is 6.82. The molecule has 2 aromatic rings. The minimum absolute atomic E-state index is 0.598. The summed E-state index contributed by atoms with van der Waals surface area (Å²) >= 11 is 0. The molecule has 0 spiro atoms. The molecule has 5 nitrogen and oxygen atoms in total. The van der Waals surface area contributed by atoms with Crippen LogP contribution in [-0.2, 0) is 4.74 Å². The molecule has 1 aromatic heterocycles. The van der Waals surface area contributed by atoms with Crippen molar-refractivity contribution in [2.24, 2.45) is 0 Å². The second-order valence-electron chi connectivity index (χ2n) is 5.66. The molecule has 1 saturated heterocycles. The molecule has 0 bridgehead atoms. The Morgan fingerprint density at radius 3 is 2.78 bits per heavy atom. The number of hydrogen-bond donors (Lipinski definition) is 1. The quantitative estimate of drug-likeness (QED) is 0.880. The van der Waals surface area contributed by atoms with Gasteiger partial charge >= 0.3 is 0 Å². The largest absolute Gasteiger partial charge is 0.476 e. The van der Waals surface area contributed by atoms with E-state index in [1.54, 1.807) is 0 Å². The van der Waals surface area contributed by atoms with E-state index in [0.717, 1.165) is 48.8 Å². The van der Waals surface area contributed by atoms with E-state index >= 15 is 0 Å². The van der Waals surface area contributed by atoms with Gasteiger partial charge in [0, 0.05) is 30.5 Å². The van der Waals surface area contributed by atoms with Crippen molar-refractivity contribution in [3.8, 4) is 17.0 Å². The van der Waals surface area contributed by atoms with Gasteiger partial charge in [-0.2, -0.15) is 0 Å². The Kier molecular flexibility index (Phi) is 4.67. The van der Waals surface area contributed by atoms with Crippen LogP contribution in [-0.4, -0.2) is 37.9 Å². The zero-order chi connectivity index (χ0) is 16.2. The number of nitrogens with zero attached hydrogens (tertiary/aromatic N) is 2. The van der Waals surface area contributed by atoms with Gasteiger partial charge in [-0.05, 0) is 43.2 Å². The third kappa shape index (κ3) is 3.40. The fraction of sp³-hybridized carbons (Fsp3) is 0.389. The highest BCUT2D eigenvalue weighted by molar-refractivity contribution is 5.74. The molecule has 5 heteroatoms. The van der Waals surface area contributed by atoms with Gasteiger partial charge in [0.25, 0.3) is 0 Å². The Balaban J connectivity index is 2.03. The lowest BCUT2D eigenvalue weighted by molar-refractivity contribution is 0.122. The van der Waals surface area contributed by atoms with E-state index in [0.29, 0.717) is 12.5 Å². The van der Waals surface area contributed by atoms with Gasteiger partial charge in [0.05, 0.1) is 19.8 Å². The number of hydrogen-bond acceptors (Lipinski definition) is 5. The number of ether oxygens (including phenoxy) is 2. The fourth-order valence-corrected chi connectivity index (χ4v) is 2.82. The van der Waals surface area contributed by atoms with E-state index < -0.39 is 0 Å². The fourth-order valence-electron chi connectivity index (χ4n) is 2.82. The van der Waals surface area contributed by atoms with Gasteiger partial charge in [0.1, 0.15) is 5.69 Å². The number of morpholine rings is 1. The second-order valence-corrected chi connectivity index (χ2v) is 5.66. The number of rotatable bonds is 4. The predicted octanol–water partition coefficient (Wildman–Crippen LogP) is 2.87. The average molecular weight is 313 g/mol. The van der Waals surface area contributed by atoms with Gasteiger partial charge in [-0.1, -0.05) is 6.07 Å². The lowest BCUT2D eigenvalue weighted by Crippen LogP contribution is -2.36. The maximum Gasteiger partial charge on any atom is 0.237 e. The zero-order valence-corrected chi connectivity index (χ0v) is 13.7. The van der Waals surface area contributed by atoms with Crippen molar-refractivity contribution < 1.29 is 9.47 Å². The van der Waals surface area contributed by atoms with Crippen LogP contribution < -0.4 is 15.4 Å². The predicted molar refractivity (Wildman–Crippen MR) is 93.0 cm³/mol. The van der Waals surface area contributed by atoms with Crippen LogP contribution in [0, 0.1) is 6.92 Å². The third-order valence-corrected chi connectivity index (χ3v) is 4.04. The van der Waals surface area contributed by atoms with Gasteiger partial charge < -0.3 is 20.1 Å². The SMILES string of the molecule is CCOc1ncc(-c2cc(N)ccc2C)cc1N1CCOCC1. The Labute approximate surface area is 137 Å². The summed E-state index contributed by atoms with van der Waals surface area (Å²) in [7, 11) is 0. The third-order valence-electron chi connectivity index (χ3n) is 4.04. The zero-order valence-electron chi connectivity index (χ0n) is 13.7. The summed E-state index contributed by atoms with van der Waals surface area (Å²) in [5.41, 5.74) is 11.1. The van der Waals surface area contributed by atoms with Crippen LogP contribution in [0.3, 0.4) is 0 Å². The summed E-state index contributed by atoms with van der Waals surface area (Å²) in [6.07, 6.45) is 1.86. The van der Waals surface area contributed by atoms with E-state index in [-0.39, 0.29) is 0 Å². The number of nitrogens with two attached hydrogens (primary N) is 1. The van der Waals surface area contributed by atoms with Gasteiger partial charge in [-0.15, -0.1) is 0 Å². The number of benzene rings is 1. The standard InChI is InChI=1S/C18H23N3O2/c1-3-23-18-17(21-6-8-22-9-7-21)10-14(12-20-18)16-11-15(19)5-4-13(16)2/h4-5,10-12H,3,6-9,19H2,1-2H3. The maximum absolute atomic E-state index is 5.95. The second kappa shape index (κ2) is 6.87. The molecule has 1 aliphatic rings. The number of aryl methyl sites for hydroxylation is 1. The normalized spacial score (nSPS) is 14.8. The molecular formula is C18H23N3O2. The molecule has 2 heterocycles. The first-order chi connectivity index (χ1) is 11.2. The highest BCUT2D eigenvalue weighted by Gasteiger charge is 2.18. The Morgan fingerprint density at radius 1 is 1.26 bits per heavy atom. The molecule has 1 aromatic carbocycles. The van der Waals surface area contributed by atoms with Gasteiger partial charge in [-0.3, -0.25) is 0 Å². The summed E-state index contributed by atoms with van der Waals surface area (Å²) < 4.78 is 11.2. The molecule has 0 radical (unpaired) electrons. The number of anilines is 2. The highest BCUT2D eigenvalue weighted by Crippen LogP contribution is 2.33. The van der Waals surface area contributed by atoms with Crippen LogP contribution in [0.4, 0.5) is 11.4 Å². The van der Waals surface area contributed by atoms with Crippen LogP contribution >= 0.6 is 0 Å². The topological polar surface area (TPSA) is 60.6 Å². The summed E-state index contributed by atoms with van der Waals surface area (Å²) in [5, 5.41) is 0. The molecule has 0 unspecified atom stereocenters. The Morgan fingerprint density at radius 2 is 2.04 bits per heavy atom. The average Bonchev–Trinajstić information content (AvgIpc) is 2.58. The van der Waals surface area contributed by atoms with Crippen LogP contribution in [0.1, 0.15) is 12.5 Å². The highest BCUT2D eigenvalue weighted by atomic mass is 16.5. The van der Waals surface area contributed by atoms with Gasteiger partial charge in [-0.25, -0.2) is 4.98 Å². The Bertz CT molecular complexity index is 682. The van der Waals surface area contributed by atoms with Crippen molar-refractivity contribution in [2.75, 3.05) is 43.5 Å². The first-order valence-electron chi connectivity index (χ1n) is 8.01. The Hall–Kier alpha value is -2.27. The summed E-state index contributed by atoms with van der Waals surface area (Å²) in [6, 6.07) is 8.10. The minimum Gasteiger partial charge on any atom is -0.476 e. The molecule has 3 rings (SSSR count). The van der Waals surface area contributed by atoms with E-state index in [4.69, 9.17) is 15.2 Å². The summed E-state index contributed by atoms with van der Waals surface area (Å²) in [5.74, 6) is 0.680. The van der Waals surface area contributed by atoms with Crippen LogP contribution in [0.5, 0.6) is 5.88 Å². The van der Waals surface area contributed by atoms with Crippen LogP contribution in [0.2, 0.25) is 0 Å². The van der Waals surface area contributed by atoms with E-state index in [1.807, 2.05) is 31.3 Å². The molecular weight excluding hydrogens is 290 g/mol. The molecule has 0 aliphatic carbocycles. The number of pyridine rings is 1. The van der Waals surface area contributed by atoms with Crippen LogP contribution in [0.15, 0.2) is 30.5 Å². The van der Waals surface area contributed by atoms with Gasteiger partial charge in [0.2, 0.25) is 5.88 Å². The van der Waals surface area contributed by atoms with Crippen molar-refractivity contribution in [3.63, 3.8) is 0 Å². The minimum atomic E-state index is 0.598. The molecule has 1 aliphatic heterocycles. The smallest absolute Gasteiger partial charge is 0.237 e. The number of nitrogen functional groups attached to an aromatic ring is 1. The van der Waals surface area contributed by atoms with Crippen molar-refractivity contribution in [1.82, 2.24) is 4.98 Å². The van der Waals surface area contributed by atoms with Crippen molar-refractivity contribution in [1.29, 1.82) is 0 Å². The molecule has 2 N–H and O–H groups in total. The molecule has 0 atom stereocenters. The lowest BCUT2D eigenvalue weighted by atomic mass is 10.0. The molecule has 1 fully saturated rings. The first-order valence-corrected chi connectivity index (χ1v) is 8.01. The monoisotopic (exact) mass is 313 g/mol. The maximum atomic E-state index is 5.95. The molecule has 0 saturated carbocycles.